The second-order valence-electron chi connectivity index (χ2n) is 7.54. The summed E-state index contributed by atoms with van der Waals surface area (Å²) < 4.78 is 7.21. The van der Waals surface area contributed by atoms with Crippen LogP contribution in [0.3, 0.4) is 0 Å². The van der Waals surface area contributed by atoms with Gasteiger partial charge in [0.05, 0.1) is 13.3 Å². The first-order valence-corrected chi connectivity index (χ1v) is 9.66. The van der Waals surface area contributed by atoms with Gasteiger partial charge in [0.15, 0.2) is 5.65 Å². The lowest BCUT2D eigenvalue weighted by molar-refractivity contribution is 0.414. The number of anilines is 2. The van der Waals surface area contributed by atoms with Crippen molar-refractivity contribution < 1.29 is 4.74 Å². The second kappa shape index (κ2) is 6.83. The van der Waals surface area contributed by atoms with Crippen molar-refractivity contribution in [3.63, 3.8) is 0 Å². The van der Waals surface area contributed by atoms with Gasteiger partial charge in [0, 0.05) is 11.3 Å². The molecule has 27 heavy (non-hydrogen) atoms. The molecule has 0 spiro atoms. The summed E-state index contributed by atoms with van der Waals surface area (Å²) in [5.41, 5.74) is 5.41. The lowest BCUT2D eigenvalue weighted by Crippen LogP contribution is -2.09. The van der Waals surface area contributed by atoms with Crippen LogP contribution in [0.1, 0.15) is 54.6 Å². The van der Waals surface area contributed by atoms with Gasteiger partial charge in [-0.1, -0.05) is 6.92 Å². The third-order valence-electron chi connectivity index (χ3n) is 5.52. The van der Waals surface area contributed by atoms with E-state index in [1.54, 1.807) is 7.11 Å². The molecule has 1 N–H and O–H groups in total. The first kappa shape index (κ1) is 17.8. The van der Waals surface area contributed by atoms with E-state index in [4.69, 9.17) is 9.72 Å². The van der Waals surface area contributed by atoms with Gasteiger partial charge in [0.25, 0.3) is 0 Å². The van der Waals surface area contributed by atoms with E-state index in [1.807, 2.05) is 29.8 Å². The fraction of sp³-hybridized carbons (Fsp3) is 0.476. The molecule has 0 radical (unpaired) electrons. The third kappa shape index (κ3) is 3.24. The molecule has 0 amide bonds. The highest BCUT2D eigenvalue weighted by Gasteiger charge is 2.33. The minimum atomic E-state index is 0.536. The van der Waals surface area contributed by atoms with Crippen molar-refractivity contribution in [2.75, 3.05) is 12.4 Å². The van der Waals surface area contributed by atoms with Crippen molar-refractivity contribution in [1.29, 1.82) is 0 Å². The molecular weight excluding hydrogens is 338 g/mol. The van der Waals surface area contributed by atoms with Gasteiger partial charge in [-0.25, -0.2) is 4.98 Å². The third-order valence-corrected chi connectivity index (χ3v) is 5.52. The minimum Gasteiger partial charge on any atom is -0.497 e. The number of nitrogens with zero attached hydrogens (tertiary/aromatic N) is 4. The van der Waals surface area contributed by atoms with Crippen LogP contribution < -0.4 is 10.1 Å². The average molecular weight is 365 g/mol. The number of aromatic nitrogens is 4. The van der Waals surface area contributed by atoms with Crippen LogP contribution in [0.4, 0.5) is 11.6 Å². The number of hydrogen-bond acceptors (Lipinski definition) is 5. The Hall–Kier alpha value is -2.63. The fourth-order valence-electron chi connectivity index (χ4n) is 4.00. The van der Waals surface area contributed by atoms with Crippen molar-refractivity contribution in [3.05, 3.63) is 40.8 Å². The molecule has 1 aliphatic carbocycles. The summed E-state index contributed by atoms with van der Waals surface area (Å²) in [7, 11) is 1.69. The summed E-state index contributed by atoms with van der Waals surface area (Å²) in [5, 5.41) is 8.12. The molecule has 1 saturated carbocycles. The van der Waals surface area contributed by atoms with E-state index in [1.165, 1.54) is 18.4 Å². The molecule has 6 heteroatoms. The molecule has 6 nitrogen and oxygen atoms in total. The van der Waals surface area contributed by atoms with Gasteiger partial charge in [0.1, 0.15) is 11.6 Å². The Morgan fingerprint density at radius 2 is 1.89 bits per heavy atom. The SMILES string of the molecule is CCC(c1cnn2c(Nc3c(C)cc(OC)cc3C)nc(C)nc12)C1CC1. The normalized spacial score (nSPS) is 15.1. The van der Waals surface area contributed by atoms with Crippen LogP contribution in [0, 0.1) is 26.7 Å². The van der Waals surface area contributed by atoms with Gasteiger partial charge in [-0.3, -0.25) is 0 Å². The zero-order valence-electron chi connectivity index (χ0n) is 16.7. The number of benzene rings is 1. The highest BCUT2D eigenvalue weighted by atomic mass is 16.5. The smallest absolute Gasteiger partial charge is 0.232 e. The van der Waals surface area contributed by atoms with E-state index >= 15 is 0 Å². The van der Waals surface area contributed by atoms with Crippen LogP contribution in [0.5, 0.6) is 5.75 Å². The van der Waals surface area contributed by atoms with Crippen LogP contribution in [0.25, 0.3) is 5.65 Å². The highest BCUT2D eigenvalue weighted by Crippen LogP contribution is 2.45. The molecule has 3 aromatic rings. The van der Waals surface area contributed by atoms with Crippen LogP contribution in [-0.4, -0.2) is 26.7 Å². The standard InChI is InChI=1S/C21H27N5O/c1-6-17(15-7-8-15)18-11-22-26-20(18)23-14(4)24-21(26)25-19-12(2)9-16(27-5)10-13(19)3/h9-11,15,17H,6-8H2,1-5H3,(H,23,24,25). The van der Waals surface area contributed by atoms with Gasteiger partial charge in [-0.15, -0.1) is 0 Å². The van der Waals surface area contributed by atoms with Gasteiger partial charge in [-0.05, 0) is 75.1 Å². The van der Waals surface area contributed by atoms with Crippen molar-refractivity contribution in [1.82, 2.24) is 19.6 Å². The van der Waals surface area contributed by atoms with Gasteiger partial charge < -0.3 is 10.1 Å². The molecule has 1 atom stereocenters. The summed E-state index contributed by atoms with van der Waals surface area (Å²) in [6.45, 7) is 8.33. The van der Waals surface area contributed by atoms with Gasteiger partial charge in [-0.2, -0.15) is 14.6 Å². The predicted octanol–water partition coefficient (Wildman–Crippen LogP) is 4.71. The van der Waals surface area contributed by atoms with Crippen LogP contribution in [-0.2, 0) is 0 Å². The summed E-state index contributed by atoms with van der Waals surface area (Å²) in [6.07, 6.45) is 5.73. The molecule has 1 fully saturated rings. The highest BCUT2D eigenvalue weighted by molar-refractivity contribution is 5.66. The molecule has 1 aromatic carbocycles. The van der Waals surface area contributed by atoms with E-state index in [-0.39, 0.29) is 0 Å². The quantitative estimate of drug-likeness (QED) is 0.685. The molecule has 0 saturated heterocycles. The Bertz CT molecular complexity index is 967. The van der Waals surface area contributed by atoms with Crippen LogP contribution in [0.2, 0.25) is 0 Å². The maximum atomic E-state index is 5.37. The van der Waals surface area contributed by atoms with E-state index in [9.17, 15) is 0 Å². The number of rotatable bonds is 6. The zero-order valence-corrected chi connectivity index (χ0v) is 16.7. The fourth-order valence-corrected chi connectivity index (χ4v) is 4.00. The van der Waals surface area contributed by atoms with Gasteiger partial charge >= 0.3 is 0 Å². The Morgan fingerprint density at radius 3 is 2.48 bits per heavy atom. The van der Waals surface area contributed by atoms with Crippen molar-refractivity contribution >= 4 is 17.3 Å². The zero-order chi connectivity index (χ0) is 19.1. The summed E-state index contributed by atoms with van der Waals surface area (Å²) in [4.78, 5) is 9.35. The molecule has 0 aliphatic heterocycles. The molecule has 4 rings (SSSR count). The molecular formula is C21H27N5O. The first-order chi connectivity index (χ1) is 13.0. The van der Waals surface area contributed by atoms with Crippen LogP contribution >= 0.6 is 0 Å². The monoisotopic (exact) mass is 365 g/mol. The number of fused-ring (bicyclic) bond motifs is 1. The van der Waals surface area contributed by atoms with Crippen molar-refractivity contribution in [2.24, 2.45) is 5.92 Å². The Balaban J connectivity index is 1.78. The summed E-state index contributed by atoms with van der Waals surface area (Å²) in [5.74, 6) is 3.62. The number of ether oxygens (including phenoxy) is 1. The molecule has 142 valence electrons. The molecule has 1 unspecified atom stereocenters. The molecule has 0 bridgehead atoms. The van der Waals surface area contributed by atoms with Crippen molar-refractivity contribution in [2.45, 2.75) is 52.9 Å². The molecule has 2 heterocycles. The van der Waals surface area contributed by atoms with Gasteiger partial charge in [0.2, 0.25) is 5.95 Å². The summed E-state index contributed by atoms with van der Waals surface area (Å²) >= 11 is 0. The summed E-state index contributed by atoms with van der Waals surface area (Å²) in [6, 6.07) is 4.05. The van der Waals surface area contributed by atoms with E-state index in [2.05, 4.69) is 36.2 Å². The lowest BCUT2D eigenvalue weighted by atomic mass is 9.94. The first-order valence-electron chi connectivity index (χ1n) is 9.66. The maximum absolute atomic E-state index is 5.37. The maximum Gasteiger partial charge on any atom is 0.232 e. The Morgan fingerprint density at radius 1 is 1.19 bits per heavy atom. The lowest BCUT2D eigenvalue weighted by Gasteiger charge is -2.15. The van der Waals surface area contributed by atoms with Crippen LogP contribution in [0.15, 0.2) is 18.3 Å². The largest absolute Gasteiger partial charge is 0.497 e. The second-order valence-corrected chi connectivity index (χ2v) is 7.54. The number of aryl methyl sites for hydroxylation is 3. The topological polar surface area (TPSA) is 64.3 Å². The Kier molecular flexibility index (Phi) is 4.50. The van der Waals surface area contributed by atoms with E-state index < -0.39 is 0 Å². The van der Waals surface area contributed by atoms with Crippen molar-refractivity contribution in [3.8, 4) is 5.75 Å². The number of methoxy groups -OCH3 is 1. The average Bonchev–Trinajstić information content (AvgIpc) is 3.39. The van der Waals surface area contributed by atoms with E-state index in [0.717, 1.165) is 46.4 Å². The number of nitrogens with one attached hydrogen (secondary N) is 1. The molecule has 2 aromatic heterocycles. The molecule has 1 aliphatic rings. The van der Waals surface area contributed by atoms with E-state index in [0.29, 0.717) is 11.9 Å². The minimum absolute atomic E-state index is 0.536. The number of hydrogen-bond donors (Lipinski definition) is 1. The Labute approximate surface area is 160 Å². The predicted molar refractivity (Wildman–Crippen MR) is 107 cm³/mol.